The summed E-state index contributed by atoms with van der Waals surface area (Å²) in [5.41, 5.74) is 11.0. The first-order valence-electron chi connectivity index (χ1n) is 21.8. The summed E-state index contributed by atoms with van der Waals surface area (Å²) in [7, 11) is 0. The molecular weight excluding hydrogens is 731 g/mol. The van der Waals surface area contributed by atoms with Crippen LogP contribution in [0, 0.1) is 23.2 Å². The highest BCUT2D eigenvalue weighted by molar-refractivity contribution is 5.99. The van der Waals surface area contributed by atoms with Gasteiger partial charge in [-0.1, -0.05) is 85.1 Å². The Bertz CT molecular complexity index is 1750. The van der Waals surface area contributed by atoms with Crippen LogP contribution >= 0.6 is 0 Å². The zero-order valence-corrected chi connectivity index (χ0v) is 35.4. The second-order valence-corrected chi connectivity index (χ2v) is 18.0. The average Bonchev–Trinajstić information content (AvgIpc) is 3.52. The van der Waals surface area contributed by atoms with Crippen molar-refractivity contribution in [2.75, 3.05) is 19.8 Å². The van der Waals surface area contributed by atoms with E-state index in [-0.39, 0.29) is 49.7 Å². The third kappa shape index (κ3) is 10.0. The molecule has 0 saturated heterocycles. The predicted molar refractivity (Wildman–Crippen MR) is 229 cm³/mol. The number of amides is 1. The molecule has 0 unspecified atom stereocenters. The molecule has 9 N–H and O–H groups in total. The van der Waals surface area contributed by atoms with Gasteiger partial charge in [0.1, 0.15) is 12.2 Å². The van der Waals surface area contributed by atoms with E-state index in [0.717, 1.165) is 67.2 Å². The van der Waals surface area contributed by atoms with Crippen LogP contribution in [0.5, 0.6) is 0 Å². The number of benzene rings is 1. The topological polar surface area (TPSA) is 185 Å². The fourth-order valence-corrected chi connectivity index (χ4v) is 10.8. The van der Waals surface area contributed by atoms with Crippen molar-refractivity contribution in [2.45, 2.75) is 148 Å². The predicted octanol–water partition coefficient (Wildman–Crippen LogP) is 6.24. The van der Waals surface area contributed by atoms with Crippen LogP contribution in [-0.4, -0.2) is 74.8 Å². The van der Waals surface area contributed by atoms with Crippen molar-refractivity contribution < 1.29 is 35.1 Å². The summed E-state index contributed by atoms with van der Waals surface area (Å²) in [5.74, 6) is -1.10. The van der Waals surface area contributed by atoms with Gasteiger partial charge in [0, 0.05) is 30.9 Å². The Morgan fingerprint density at radius 3 is 2.55 bits per heavy atom. The second kappa shape index (κ2) is 20.4. The largest absolute Gasteiger partial charge is 0.396 e. The summed E-state index contributed by atoms with van der Waals surface area (Å²) in [4.78, 5) is 28.5. The Hall–Kier alpha value is -3.22. The van der Waals surface area contributed by atoms with Crippen molar-refractivity contribution in [1.82, 2.24) is 10.6 Å². The summed E-state index contributed by atoms with van der Waals surface area (Å²) in [6.45, 7) is 11.7. The van der Waals surface area contributed by atoms with Crippen LogP contribution in [0.3, 0.4) is 0 Å². The monoisotopic (exact) mass is 802 g/mol. The second-order valence-electron chi connectivity index (χ2n) is 18.0. The van der Waals surface area contributed by atoms with Crippen molar-refractivity contribution in [2.24, 2.45) is 28.9 Å². The standard InChI is InChI=1S/C48H71N3O7/c1-30(2)13-9-14-31(3)15-10-19-35(29-53)36-23-25-48(44(36)56)39(21-12-26-52)37(22-24-47(48,5)58)41(33-16-7-6-8-17-33)40(55)27-34-18-11-20-38-42(34)43(50-28-32(4)54)46(57)51-45(38)49/h10-11,13,15,18-20,32-33,36,39,43-45,50,52-54,56,58H,3,6-9,12,14,16-17,21-29,49H2,1-2,4-5H3,(H,51,57)/b15-10+,35-19-,41-37+/t32-,36+,39+,43-,44+,45+,47+,48+/m0/s1. The molecule has 320 valence electrons. The first-order chi connectivity index (χ1) is 27.7. The number of rotatable bonds is 17. The van der Waals surface area contributed by atoms with Crippen LogP contribution < -0.4 is 16.4 Å². The number of ketones is 1. The van der Waals surface area contributed by atoms with Crippen molar-refractivity contribution in [3.05, 3.63) is 93.6 Å². The Morgan fingerprint density at radius 1 is 1.14 bits per heavy atom. The maximum atomic E-state index is 15.2. The molecule has 58 heavy (non-hydrogen) atoms. The lowest BCUT2D eigenvalue weighted by atomic mass is 9.52. The van der Waals surface area contributed by atoms with E-state index in [2.05, 4.69) is 37.1 Å². The molecule has 10 heteroatoms. The Morgan fingerprint density at radius 2 is 1.88 bits per heavy atom. The van der Waals surface area contributed by atoms with Crippen molar-refractivity contribution in [1.29, 1.82) is 0 Å². The number of nitrogens with one attached hydrogen (secondary N) is 2. The molecule has 8 atom stereocenters. The minimum absolute atomic E-state index is 0.0134. The molecule has 0 bridgehead atoms. The number of aliphatic hydroxyl groups excluding tert-OH is 4. The molecule has 1 spiro atoms. The summed E-state index contributed by atoms with van der Waals surface area (Å²) in [6, 6.07) is 4.83. The fraction of sp³-hybridized carbons (Fsp3) is 0.625. The van der Waals surface area contributed by atoms with E-state index in [1.165, 1.54) is 5.57 Å². The molecule has 10 nitrogen and oxygen atoms in total. The van der Waals surface area contributed by atoms with Crippen molar-refractivity contribution in [3.8, 4) is 0 Å². The maximum absolute atomic E-state index is 15.2. The number of allylic oxidation sites excluding steroid dienone is 8. The van der Waals surface area contributed by atoms with E-state index >= 15 is 4.79 Å². The number of hydrogen-bond donors (Lipinski definition) is 8. The number of Topliss-reactive ketones (excluding diaryl/α,β-unsaturated/α-hetero) is 1. The van der Waals surface area contributed by atoms with Crippen LogP contribution in [0.2, 0.25) is 0 Å². The van der Waals surface area contributed by atoms with Gasteiger partial charge < -0.3 is 36.6 Å². The number of hydrogen-bond acceptors (Lipinski definition) is 9. The summed E-state index contributed by atoms with van der Waals surface area (Å²) < 4.78 is 0. The molecule has 1 amide bonds. The van der Waals surface area contributed by atoms with Gasteiger partial charge in [-0.25, -0.2) is 0 Å². The first kappa shape index (κ1) is 45.9. The molecule has 1 aromatic carbocycles. The number of fused-ring (bicyclic) bond motifs is 1. The van der Waals surface area contributed by atoms with Gasteiger partial charge in [-0.3, -0.25) is 14.9 Å². The lowest BCUT2D eigenvalue weighted by Gasteiger charge is -2.56. The third-order valence-corrected chi connectivity index (χ3v) is 13.7. The molecular formula is C48H71N3O7. The Kier molecular flexibility index (Phi) is 16.1. The van der Waals surface area contributed by atoms with Crippen LogP contribution in [0.1, 0.15) is 140 Å². The highest BCUT2D eigenvalue weighted by Gasteiger charge is 2.64. The zero-order chi connectivity index (χ0) is 42.2. The highest BCUT2D eigenvalue weighted by atomic mass is 16.3. The van der Waals surface area contributed by atoms with Gasteiger partial charge >= 0.3 is 0 Å². The molecule has 5 rings (SSSR count). The SMILES string of the molecule is C=C(/C=C/C=C(/CO)[C@H]1CC[C@@]2([C@H](CCCO)/C(=C(/C(=O)Cc3cccc4c3[C@H](NC[C@H](C)O)C(=O)N[C@H]4N)C3CCCCC3)CC[C@@]2(C)O)[C@@H]1O)CCC=C(C)C. The summed E-state index contributed by atoms with van der Waals surface area (Å²) in [5, 5.41) is 62.1. The molecule has 1 aliphatic heterocycles. The van der Waals surface area contributed by atoms with E-state index in [1.54, 1.807) is 6.92 Å². The normalized spacial score (nSPS) is 30.6. The molecule has 4 aliphatic rings. The number of carbonyl (C=O) groups excluding carboxylic acids is 2. The molecule has 3 aliphatic carbocycles. The summed E-state index contributed by atoms with van der Waals surface area (Å²) in [6.07, 6.45) is 15.0. The highest BCUT2D eigenvalue weighted by Crippen LogP contribution is 2.63. The Labute approximate surface area is 346 Å². The van der Waals surface area contributed by atoms with E-state index in [4.69, 9.17) is 5.73 Å². The lowest BCUT2D eigenvalue weighted by molar-refractivity contribution is -0.168. The number of carbonyl (C=O) groups is 2. The van der Waals surface area contributed by atoms with Crippen LogP contribution in [0.15, 0.2) is 76.9 Å². The van der Waals surface area contributed by atoms with Gasteiger partial charge in [0.2, 0.25) is 5.91 Å². The number of nitrogens with two attached hydrogens (primary N) is 1. The van der Waals surface area contributed by atoms with Gasteiger partial charge in [-0.05, 0) is 132 Å². The van der Waals surface area contributed by atoms with Gasteiger partial charge in [-0.2, -0.15) is 0 Å². The van der Waals surface area contributed by atoms with Gasteiger partial charge in [0.05, 0.1) is 24.4 Å². The van der Waals surface area contributed by atoms with E-state index in [1.807, 2.05) is 43.4 Å². The molecule has 3 saturated carbocycles. The summed E-state index contributed by atoms with van der Waals surface area (Å²) >= 11 is 0. The van der Waals surface area contributed by atoms with Crippen molar-refractivity contribution in [3.63, 3.8) is 0 Å². The maximum Gasteiger partial charge on any atom is 0.243 e. The van der Waals surface area contributed by atoms with E-state index < -0.39 is 41.3 Å². The van der Waals surface area contributed by atoms with Gasteiger partial charge in [0.15, 0.2) is 5.78 Å². The molecule has 0 radical (unpaired) electrons. The van der Waals surface area contributed by atoms with Crippen LogP contribution in [-0.2, 0) is 16.0 Å². The molecule has 0 aromatic heterocycles. The molecule has 3 fully saturated rings. The van der Waals surface area contributed by atoms with Gasteiger partial charge in [-0.15, -0.1) is 0 Å². The third-order valence-electron chi connectivity index (χ3n) is 13.7. The smallest absolute Gasteiger partial charge is 0.243 e. The van der Waals surface area contributed by atoms with E-state index in [9.17, 15) is 30.3 Å². The minimum atomic E-state index is -1.27. The number of aliphatic hydroxyl groups is 5. The first-order valence-corrected chi connectivity index (χ1v) is 21.8. The Balaban J connectivity index is 1.56. The van der Waals surface area contributed by atoms with Gasteiger partial charge in [0.25, 0.3) is 0 Å². The minimum Gasteiger partial charge on any atom is -0.396 e. The van der Waals surface area contributed by atoms with Crippen LogP contribution in [0.25, 0.3) is 0 Å². The fourth-order valence-electron chi connectivity index (χ4n) is 10.8. The zero-order valence-electron chi connectivity index (χ0n) is 35.4. The van der Waals surface area contributed by atoms with Crippen LogP contribution in [0.4, 0.5) is 0 Å². The van der Waals surface area contributed by atoms with E-state index in [0.29, 0.717) is 55.2 Å². The quantitative estimate of drug-likeness (QED) is 0.0513. The molecule has 1 aromatic rings. The lowest BCUT2D eigenvalue weighted by Crippen LogP contribution is -2.59. The average molecular weight is 802 g/mol. The molecule has 1 heterocycles. The van der Waals surface area contributed by atoms with Crippen molar-refractivity contribution >= 4 is 11.7 Å².